The van der Waals surface area contributed by atoms with Crippen LogP contribution < -0.4 is 15.2 Å². The minimum absolute atomic E-state index is 0.112. The maximum absolute atomic E-state index is 13.1. The van der Waals surface area contributed by atoms with Gasteiger partial charge in [0, 0.05) is 19.0 Å². The van der Waals surface area contributed by atoms with E-state index in [-0.39, 0.29) is 17.9 Å². The molecule has 1 N–H and O–H groups in total. The number of amides is 1. The summed E-state index contributed by atoms with van der Waals surface area (Å²) in [5.74, 6) is 0.573. The zero-order valence-electron chi connectivity index (χ0n) is 18.1. The van der Waals surface area contributed by atoms with Crippen LogP contribution in [-0.2, 0) is 4.79 Å². The van der Waals surface area contributed by atoms with Crippen molar-refractivity contribution in [1.82, 2.24) is 10.4 Å². The number of benzene rings is 2. The number of nitrogens with zero attached hydrogens (tertiary/aromatic N) is 3. The second kappa shape index (κ2) is 9.71. The second-order valence-electron chi connectivity index (χ2n) is 8.01. The van der Waals surface area contributed by atoms with Crippen molar-refractivity contribution in [2.24, 2.45) is 11.0 Å². The van der Waals surface area contributed by atoms with Crippen molar-refractivity contribution in [3.8, 4) is 5.75 Å². The van der Waals surface area contributed by atoms with Crippen LogP contribution in [0, 0.1) is 5.92 Å². The van der Waals surface area contributed by atoms with Gasteiger partial charge in [-0.1, -0.05) is 49.2 Å². The standard InChI is InChI=1S/C24H29ClN4O2/c1-3-31-19-13-11-18(12-14-19)23-17(2)22(24(30)27-28-15-7-4-8-16-28)26-29(23)21-10-6-5-9-20(21)25/h5-6,9-14,17,23H,3-4,7-8,15-16H2,1-2H3,(H,27,30)/t17-,23+/m0/s1. The molecule has 0 radical (unpaired) electrons. The minimum Gasteiger partial charge on any atom is -0.494 e. The van der Waals surface area contributed by atoms with E-state index in [0.717, 1.165) is 42.9 Å². The van der Waals surface area contributed by atoms with Gasteiger partial charge in [-0.2, -0.15) is 5.10 Å². The smallest absolute Gasteiger partial charge is 0.282 e. The molecule has 31 heavy (non-hydrogen) atoms. The van der Waals surface area contributed by atoms with Crippen LogP contribution in [0.3, 0.4) is 0 Å². The lowest BCUT2D eigenvalue weighted by atomic mass is 9.91. The van der Waals surface area contributed by atoms with Crippen molar-refractivity contribution in [3.63, 3.8) is 0 Å². The zero-order valence-corrected chi connectivity index (χ0v) is 18.8. The van der Waals surface area contributed by atoms with Crippen molar-refractivity contribution < 1.29 is 9.53 Å². The SMILES string of the molecule is CCOc1ccc([C@H]2[C@@H](C)C(C(=O)NN3CCCCC3)=NN2c2ccccc2Cl)cc1. The van der Waals surface area contributed by atoms with E-state index in [0.29, 0.717) is 17.3 Å². The molecule has 2 aromatic carbocycles. The lowest BCUT2D eigenvalue weighted by Gasteiger charge is -2.28. The summed E-state index contributed by atoms with van der Waals surface area (Å²) in [7, 11) is 0. The lowest BCUT2D eigenvalue weighted by Crippen LogP contribution is -2.48. The van der Waals surface area contributed by atoms with Crippen molar-refractivity contribution in [1.29, 1.82) is 0 Å². The van der Waals surface area contributed by atoms with Crippen molar-refractivity contribution >= 4 is 28.9 Å². The number of carbonyl (C=O) groups is 1. The van der Waals surface area contributed by atoms with Gasteiger partial charge in [0.25, 0.3) is 5.91 Å². The van der Waals surface area contributed by atoms with Gasteiger partial charge in [-0.25, -0.2) is 5.01 Å². The van der Waals surface area contributed by atoms with Gasteiger partial charge in [-0.3, -0.25) is 15.2 Å². The topological polar surface area (TPSA) is 57.2 Å². The molecule has 2 aliphatic heterocycles. The van der Waals surface area contributed by atoms with Gasteiger partial charge < -0.3 is 4.74 Å². The summed E-state index contributed by atoms with van der Waals surface area (Å²) < 4.78 is 5.59. The largest absolute Gasteiger partial charge is 0.494 e. The number of anilines is 1. The van der Waals surface area contributed by atoms with Crippen LogP contribution in [0.15, 0.2) is 53.6 Å². The Balaban J connectivity index is 1.64. The third kappa shape index (κ3) is 4.70. The number of hydrogen-bond donors (Lipinski definition) is 1. The Morgan fingerprint density at radius 3 is 2.52 bits per heavy atom. The minimum atomic E-state index is -0.141. The third-order valence-corrected chi connectivity index (χ3v) is 6.18. The molecule has 0 aliphatic carbocycles. The molecule has 0 spiro atoms. The van der Waals surface area contributed by atoms with Crippen LogP contribution in [0.25, 0.3) is 0 Å². The number of halogens is 1. The summed E-state index contributed by atoms with van der Waals surface area (Å²) in [6.45, 7) is 6.39. The molecular weight excluding hydrogens is 412 g/mol. The van der Waals surface area contributed by atoms with Crippen LogP contribution in [0.2, 0.25) is 5.02 Å². The number of piperidine rings is 1. The molecule has 0 saturated carbocycles. The second-order valence-corrected chi connectivity index (χ2v) is 8.41. The molecule has 1 saturated heterocycles. The normalized spacial score (nSPS) is 21.6. The first kappa shape index (κ1) is 21.7. The Bertz CT molecular complexity index is 941. The number of carbonyl (C=O) groups excluding carboxylic acids is 1. The highest BCUT2D eigenvalue weighted by Gasteiger charge is 2.40. The highest BCUT2D eigenvalue weighted by molar-refractivity contribution is 6.40. The number of ether oxygens (including phenoxy) is 1. The average Bonchev–Trinajstić information content (AvgIpc) is 3.12. The molecule has 2 atom stereocenters. The highest BCUT2D eigenvalue weighted by atomic mass is 35.5. The highest BCUT2D eigenvalue weighted by Crippen LogP contribution is 2.42. The first-order valence-electron chi connectivity index (χ1n) is 11.0. The molecule has 0 aromatic heterocycles. The maximum Gasteiger partial charge on any atom is 0.282 e. The molecule has 2 heterocycles. The fourth-order valence-corrected chi connectivity index (χ4v) is 4.51. The van der Waals surface area contributed by atoms with Gasteiger partial charge >= 0.3 is 0 Å². The Kier molecular flexibility index (Phi) is 6.78. The predicted octanol–water partition coefficient (Wildman–Crippen LogP) is 4.81. The molecule has 2 aliphatic rings. The number of rotatable bonds is 6. The molecule has 1 amide bonds. The maximum atomic E-state index is 13.1. The Labute approximate surface area is 188 Å². The summed E-state index contributed by atoms with van der Waals surface area (Å²) in [5.41, 5.74) is 5.42. The predicted molar refractivity (Wildman–Crippen MR) is 124 cm³/mol. The Morgan fingerprint density at radius 1 is 1.13 bits per heavy atom. The van der Waals surface area contributed by atoms with E-state index in [9.17, 15) is 4.79 Å². The van der Waals surface area contributed by atoms with Crippen LogP contribution >= 0.6 is 11.6 Å². The molecule has 2 aromatic rings. The number of hydrogen-bond acceptors (Lipinski definition) is 5. The van der Waals surface area contributed by atoms with Crippen molar-refractivity contribution in [2.75, 3.05) is 24.7 Å². The van der Waals surface area contributed by atoms with E-state index >= 15 is 0 Å². The Hall–Kier alpha value is -2.57. The Morgan fingerprint density at radius 2 is 1.84 bits per heavy atom. The van der Waals surface area contributed by atoms with E-state index in [2.05, 4.69) is 5.43 Å². The summed E-state index contributed by atoms with van der Waals surface area (Å²) >= 11 is 6.51. The molecule has 0 unspecified atom stereocenters. The van der Waals surface area contributed by atoms with Crippen LogP contribution in [0.4, 0.5) is 5.69 Å². The van der Waals surface area contributed by atoms with Gasteiger partial charge in [0.1, 0.15) is 11.5 Å². The summed E-state index contributed by atoms with van der Waals surface area (Å²) in [6, 6.07) is 15.5. The van der Waals surface area contributed by atoms with Crippen molar-refractivity contribution in [3.05, 3.63) is 59.1 Å². The summed E-state index contributed by atoms with van der Waals surface area (Å²) in [6.07, 6.45) is 3.41. The number of para-hydroxylation sites is 1. The van der Waals surface area contributed by atoms with Gasteiger partial charge in [0.15, 0.2) is 0 Å². The number of nitrogens with one attached hydrogen (secondary N) is 1. The first-order chi connectivity index (χ1) is 15.1. The van der Waals surface area contributed by atoms with Crippen LogP contribution in [-0.4, -0.2) is 36.3 Å². The van der Waals surface area contributed by atoms with E-state index < -0.39 is 0 Å². The van der Waals surface area contributed by atoms with Gasteiger partial charge in [0.05, 0.1) is 23.4 Å². The molecule has 4 rings (SSSR count). The summed E-state index contributed by atoms with van der Waals surface area (Å²) in [5, 5.41) is 9.27. The zero-order chi connectivity index (χ0) is 21.8. The van der Waals surface area contributed by atoms with Crippen LogP contribution in [0.5, 0.6) is 5.75 Å². The molecule has 7 heteroatoms. The summed E-state index contributed by atoms with van der Waals surface area (Å²) in [4.78, 5) is 13.1. The quantitative estimate of drug-likeness (QED) is 0.700. The molecule has 1 fully saturated rings. The number of hydrazine groups is 1. The van der Waals surface area contributed by atoms with E-state index in [1.807, 2.05) is 72.4 Å². The van der Waals surface area contributed by atoms with Gasteiger partial charge in [0.2, 0.25) is 0 Å². The molecule has 164 valence electrons. The van der Waals surface area contributed by atoms with Crippen LogP contribution in [0.1, 0.15) is 44.7 Å². The van der Waals surface area contributed by atoms with E-state index in [1.165, 1.54) is 6.42 Å². The molecule has 0 bridgehead atoms. The number of hydrazone groups is 1. The fraction of sp³-hybridized carbons (Fsp3) is 0.417. The monoisotopic (exact) mass is 440 g/mol. The van der Waals surface area contributed by atoms with Crippen molar-refractivity contribution in [2.45, 2.75) is 39.2 Å². The first-order valence-corrected chi connectivity index (χ1v) is 11.4. The van der Waals surface area contributed by atoms with Gasteiger partial charge in [-0.15, -0.1) is 0 Å². The molecule has 6 nitrogen and oxygen atoms in total. The third-order valence-electron chi connectivity index (χ3n) is 5.86. The fourth-order valence-electron chi connectivity index (χ4n) is 4.29. The van der Waals surface area contributed by atoms with E-state index in [4.69, 9.17) is 21.4 Å². The van der Waals surface area contributed by atoms with Gasteiger partial charge in [-0.05, 0) is 49.6 Å². The van der Waals surface area contributed by atoms with E-state index in [1.54, 1.807) is 0 Å². The lowest BCUT2D eigenvalue weighted by molar-refractivity contribution is -0.120. The average molecular weight is 441 g/mol. The molecular formula is C24H29ClN4O2.